The van der Waals surface area contributed by atoms with Crippen molar-refractivity contribution < 1.29 is 13.9 Å². The summed E-state index contributed by atoms with van der Waals surface area (Å²) in [5.41, 5.74) is 1.08. The molecule has 0 aliphatic heterocycles. The van der Waals surface area contributed by atoms with Gasteiger partial charge >= 0.3 is 5.97 Å². The Kier molecular flexibility index (Phi) is 4.12. The van der Waals surface area contributed by atoms with Gasteiger partial charge in [-0.05, 0) is 33.8 Å². The third-order valence-corrected chi connectivity index (χ3v) is 2.60. The Balaban J connectivity index is 2.68. The molecule has 0 bridgehead atoms. The molecule has 0 aliphatic rings. The molecule has 2 atom stereocenters. The van der Waals surface area contributed by atoms with Crippen LogP contribution in [-0.4, -0.2) is 19.1 Å². The third kappa shape index (κ3) is 2.85. The van der Waals surface area contributed by atoms with E-state index < -0.39 is 0 Å². The van der Waals surface area contributed by atoms with Gasteiger partial charge in [-0.2, -0.15) is 0 Å². The summed E-state index contributed by atoms with van der Waals surface area (Å²) in [6.07, 6.45) is 0. The summed E-state index contributed by atoms with van der Waals surface area (Å²) in [6.45, 7) is 7.61. The van der Waals surface area contributed by atoms with Gasteiger partial charge in [-0.1, -0.05) is 0 Å². The molecule has 1 aromatic heterocycles. The molecule has 2 unspecified atom stereocenters. The van der Waals surface area contributed by atoms with Crippen LogP contribution < -0.4 is 5.32 Å². The SMILES string of the molecule is COC(=O)C(C)NC(C)c1cc(C)oc1C. The van der Waals surface area contributed by atoms with E-state index in [1.54, 1.807) is 6.92 Å². The fraction of sp³-hybridized carbons (Fsp3) is 0.583. The van der Waals surface area contributed by atoms with Gasteiger partial charge in [-0.25, -0.2) is 0 Å². The molecule has 4 heteroatoms. The van der Waals surface area contributed by atoms with Gasteiger partial charge in [-0.3, -0.25) is 10.1 Å². The Bertz CT molecular complexity index is 370. The first-order chi connectivity index (χ1) is 7.45. The fourth-order valence-electron chi connectivity index (χ4n) is 1.79. The zero-order valence-electron chi connectivity index (χ0n) is 10.5. The Morgan fingerprint density at radius 3 is 2.50 bits per heavy atom. The first-order valence-corrected chi connectivity index (χ1v) is 5.36. The summed E-state index contributed by atoms with van der Waals surface area (Å²) in [5, 5.41) is 3.17. The van der Waals surface area contributed by atoms with Crippen LogP contribution in [-0.2, 0) is 9.53 Å². The number of rotatable bonds is 4. The van der Waals surface area contributed by atoms with Crippen LogP contribution in [0.25, 0.3) is 0 Å². The molecule has 1 aromatic rings. The number of esters is 1. The van der Waals surface area contributed by atoms with Crippen LogP contribution in [0.2, 0.25) is 0 Å². The Morgan fingerprint density at radius 1 is 1.44 bits per heavy atom. The zero-order valence-corrected chi connectivity index (χ0v) is 10.5. The smallest absolute Gasteiger partial charge is 0.322 e. The van der Waals surface area contributed by atoms with Crippen LogP contribution in [0, 0.1) is 13.8 Å². The molecule has 0 amide bonds. The summed E-state index contributed by atoms with van der Waals surface area (Å²) >= 11 is 0. The van der Waals surface area contributed by atoms with E-state index in [1.165, 1.54) is 7.11 Å². The molecule has 0 aromatic carbocycles. The van der Waals surface area contributed by atoms with Crippen LogP contribution in [0.15, 0.2) is 10.5 Å². The van der Waals surface area contributed by atoms with Gasteiger partial charge in [0.05, 0.1) is 7.11 Å². The fourth-order valence-corrected chi connectivity index (χ4v) is 1.79. The van der Waals surface area contributed by atoms with Crippen molar-refractivity contribution in [3.05, 3.63) is 23.2 Å². The average Bonchev–Trinajstić information content (AvgIpc) is 2.56. The molecule has 90 valence electrons. The summed E-state index contributed by atoms with van der Waals surface area (Å²) in [6, 6.07) is 1.72. The lowest BCUT2D eigenvalue weighted by molar-refractivity contribution is -0.142. The number of carbonyl (C=O) groups excluding carboxylic acids is 1. The van der Waals surface area contributed by atoms with E-state index in [0.29, 0.717) is 0 Å². The van der Waals surface area contributed by atoms with Gasteiger partial charge in [0.1, 0.15) is 17.6 Å². The van der Waals surface area contributed by atoms with E-state index in [-0.39, 0.29) is 18.1 Å². The molecule has 0 saturated carbocycles. The molecule has 0 aliphatic carbocycles. The minimum Gasteiger partial charge on any atom is -0.468 e. The Labute approximate surface area is 96.0 Å². The topological polar surface area (TPSA) is 51.5 Å². The van der Waals surface area contributed by atoms with Gasteiger partial charge in [0.2, 0.25) is 0 Å². The standard InChI is InChI=1S/C12H19NO3/c1-7-6-11(10(4)16-7)8(2)13-9(3)12(14)15-5/h6,8-9,13H,1-5H3. The Morgan fingerprint density at radius 2 is 2.06 bits per heavy atom. The molecule has 0 radical (unpaired) electrons. The highest BCUT2D eigenvalue weighted by Gasteiger charge is 2.19. The molecular weight excluding hydrogens is 206 g/mol. The van der Waals surface area contributed by atoms with E-state index in [4.69, 9.17) is 4.42 Å². The molecule has 1 rings (SSSR count). The van der Waals surface area contributed by atoms with Crippen molar-refractivity contribution >= 4 is 5.97 Å². The zero-order chi connectivity index (χ0) is 12.3. The normalized spacial score (nSPS) is 14.6. The molecule has 1 heterocycles. The number of ether oxygens (including phenoxy) is 1. The van der Waals surface area contributed by atoms with Crippen molar-refractivity contribution in [2.75, 3.05) is 7.11 Å². The first-order valence-electron chi connectivity index (χ1n) is 5.36. The second-order valence-corrected chi connectivity index (χ2v) is 4.00. The number of methoxy groups -OCH3 is 1. The second-order valence-electron chi connectivity index (χ2n) is 4.00. The number of aryl methyl sites for hydroxylation is 2. The van der Waals surface area contributed by atoms with Gasteiger partial charge in [-0.15, -0.1) is 0 Å². The lowest BCUT2D eigenvalue weighted by Crippen LogP contribution is -2.36. The average molecular weight is 225 g/mol. The van der Waals surface area contributed by atoms with Gasteiger partial charge in [0, 0.05) is 11.6 Å². The van der Waals surface area contributed by atoms with Crippen molar-refractivity contribution in [2.45, 2.75) is 39.8 Å². The number of hydrogen-bond acceptors (Lipinski definition) is 4. The van der Waals surface area contributed by atoms with Crippen molar-refractivity contribution in [1.82, 2.24) is 5.32 Å². The maximum atomic E-state index is 11.3. The van der Waals surface area contributed by atoms with Crippen LogP contribution in [0.5, 0.6) is 0 Å². The number of nitrogens with one attached hydrogen (secondary N) is 1. The maximum Gasteiger partial charge on any atom is 0.322 e. The summed E-state index contributed by atoms with van der Waals surface area (Å²) in [7, 11) is 1.39. The minimum absolute atomic E-state index is 0.0616. The monoisotopic (exact) mass is 225 g/mol. The van der Waals surface area contributed by atoms with Crippen LogP contribution in [0.4, 0.5) is 0 Å². The summed E-state index contributed by atoms with van der Waals surface area (Å²) < 4.78 is 10.1. The van der Waals surface area contributed by atoms with E-state index in [0.717, 1.165) is 17.1 Å². The molecular formula is C12H19NO3. The number of furan rings is 1. The van der Waals surface area contributed by atoms with Crippen molar-refractivity contribution in [3.63, 3.8) is 0 Å². The summed E-state index contributed by atoms with van der Waals surface area (Å²) in [4.78, 5) is 11.3. The summed E-state index contributed by atoms with van der Waals surface area (Å²) in [5.74, 6) is 1.51. The second kappa shape index (κ2) is 5.16. The van der Waals surface area contributed by atoms with Crippen molar-refractivity contribution in [2.24, 2.45) is 0 Å². The van der Waals surface area contributed by atoms with E-state index >= 15 is 0 Å². The quantitative estimate of drug-likeness (QED) is 0.797. The predicted octanol–water partition coefficient (Wildman–Crippen LogP) is 2.11. The lowest BCUT2D eigenvalue weighted by Gasteiger charge is -2.17. The van der Waals surface area contributed by atoms with Crippen LogP contribution >= 0.6 is 0 Å². The molecule has 1 N–H and O–H groups in total. The van der Waals surface area contributed by atoms with Crippen molar-refractivity contribution in [3.8, 4) is 0 Å². The predicted molar refractivity (Wildman–Crippen MR) is 61.2 cm³/mol. The van der Waals surface area contributed by atoms with E-state index in [2.05, 4.69) is 10.1 Å². The minimum atomic E-state index is -0.324. The molecule has 4 nitrogen and oxygen atoms in total. The van der Waals surface area contributed by atoms with Gasteiger partial charge in [0.15, 0.2) is 0 Å². The lowest BCUT2D eigenvalue weighted by atomic mass is 10.1. The first kappa shape index (κ1) is 12.8. The maximum absolute atomic E-state index is 11.3. The molecule has 0 saturated heterocycles. The van der Waals surface area contributed by atoms with E-state index in [1.807, 2.05) is 26.8 Å². The highest BCUT2D eigenvalue weighted by Crippen LogP contribution is 2.21. The third-order valence-electron chi connectivity index (χ3n) is 2.60. The number of carbonyl (C=O) groups is 1. The number of hydrogen-bond donors (Lipinski definition) is 1. The largest absolute Gasteiger partial charge is 0.468 e. The highest BCUT2D eigenvalue weighted by molar-refractivity contribution is 5.75. The molecule has 0 spiro atoms. The van der Waals surface area contributed by atoms with Crippen molar-refractivity contribution in [1.29, 1.82) is 0 Å². The van der Waals surface area contributed by atoms with E-state index in [9.17, 15) is 4.79 Å². The van der Waals surface area contributed by atoms with Gasteiger partial charge in [0.25, 0.3) is 0 Å². The molecule has 16 heavy (non-hydrogen) atoms. The van der Waals surface area contributed by atoms with Crippen LogP contribution in [0.3, 0.4) is 0 Å². The molecule has 0 fully saturated rings. The highest BCUT2D eigenvalue weighted by atomic mass is 16.5. The Hall–Kier alpha value is -1.29. The van der Waals surface area contributed by atoms with Gasteiger partial charge < -0.3 is 9.15 Å². The van der Waals surface area contributed by atoms with Crippen LogP contribution in [0.1, 0.15) is 37.0 Å².